The molecule has 9 nitrogen and oxygen atoms in total. The van der Waals surface area contributed by atoms with Crippen molar-refractivity contribution in [2.24, 2.45) is 0 Å². The lowest BCUT2D eigenvalue weighted by Gasteiger charge is -2.29. The van der Waals surface area contributed by atoms with Gasteiger partial charge in [-0.25, -0.2) is 4.98 Å². The van der Waals surface area contributed by atoms with E-state index >= 15 is 0 Å². The Morgan fingerprint density at radius 1 is 0.762 bits per heavy atom. The average molecular weight is 577 g/mol. The summed E-state index contributed by atoms with van der Waals surface area (Å²) in [5.41, 5.74) is 4.69. The lowest BCUT2D eigenvalue weighted by Crippen LogP contribution is -2.38. The zero-order valence-corrected chi connectivity index (χ0v) is 24.8. The zero-order valence-electron chi connectivity index (χ0n) is 24.8. The van der Waals surface area contributed by atoms with Gasteiger partial charge in [-0.2, -0.15) is 0 Å². The highest BCUT2D eigenvalue weighted by Crippen LogP contribution is 2.23. The maximum Gasteiger partial charge on any atom is 0.129 e. The molecule has 2 aromatic carbocycles. The molecule has 0 bridgehead atoms. The maximum atomic E-state index is 5.85. The lowest BCUT2D eigenvalue weighted by molar-refractivity contribution is 0.00583. The minimum absolute atomic E-state index is 0.513. The van der Waals surface area contributed by atoms with Crippen LogP contribution in [0.15, 0.2) is 66.9 Å². The number of hydrogen-bond acceptors (Lipinski definition) is 9. The van der Waals surface area contributed by atoms with Gasteiger partial charge in [0.2, 0.25) is 0 Å². The molecule has 2 aliphatic heterocycles. The summed E-state index contributed by atoms with van der Waals surface area (Å²) >= 11 is 0. The molecule has 2 aliphatic rings. The molecule has 0 aliphatic carbocycles. The topological polar surface area (TPSA) is 68.8 Å². The van der Waals surface area contributed by atoms with E-state index < -0.39 is 0 Å². The van der Waals surface area contributed by atoms with Crippen molar-refractivity contribution in [1.82, 2.24) is 9.88 Å². The van der Waals surface area contributed by atoms with Crippen LogP contribution in [0.25, 0.3) is 0 Å². The smallest absolute Gasteiger partial charge is 0.129 e. The van der Waals surface area contributed by atoms with Gasteiger partial charge >= 0.3 is 0 Å². The third-order valence-corrected chi connectivity index (χ3v) is 7.62. The molecule has 3 heterocycles. The normalized spacial score (nSPS) is 16.0. The largest absolute Gasteiger partial charge is 0.497 e. The Kier molecular flexibility index (Phi) is 11.8. The average Bonchev–Trinajstić information content (AvgIpc) is 3.05. The van der Waals surface area contributed by atoms with E-state index in [0.29, 0.717) is 26.4 Å². The number of anilines is 2. The molecule has 0 atom stereocenters. The number of benzene rings is 2. The molecule has 3 aromatic rings. The Morgan fingerprint density at radius 3 is 2.21 bits per heavy atom. The fraction of sp³-hybridized carbons (Fsp3) is 0.485. The first-order valence-corrected chi connectivity index (χ1v) is 15.0. The van der Waals surface area contributed by atoms with Gasteiger partial charge in [0.1, 0.15) is 11.6 Å². The van der Waals surface area contributed by atoms with Crippen LogP contribution in [0.1, 0.15) is 16.7 Å². The van der Waals surface area contributed by atoms with Crippen LogP contribution in [0.4, 0.5) is 11.5 Å². The molecule has 2 fully saturated rings. The van der Waals surface area contributed by atoms with E-state index in [-0.39, 0.29) is 0 Å². The van der Waals surface area contributed by atoms with Crippen LogP contribution >= 0.6 is 0 Å². The van der Waals surface area contributed by atoms with Crippen molar-refractivity contribution in [1.29, 1.82) is 0 Å². The van der Waals surface area contributed by atoms with E-state index in [2.05, 4.69) is 63.2 Å². The molecule has 42 heavy (non-hydrogen) atoms. The Morgan fingerprint density at radius 2 is 1.48 bits per heavy atom. The molecular formula is C33H44N4O5. The van der Waals surface area contributed by atoms with Crippen molar-refractivity contribution in [3.05, 3.63) is 83.6 Å². The summed E-state index contributed by atoms with van der Waals surface area (Å²) in [7, 11) is 1.70. The van der Waals surface area contributed by atoms with Crippen LogP contribution in [0.3, 0.4) is 0 Å². The third-order valence-electron chi connectivity index (χ3n) is 7.62. The summed E-state index contributed by atoms with van der Waals surface area (Å²) < 4.78 is 28.0. The number of aromatic nitrogens is 1. The van der Waals surface area contributed by atoms with Crippen molar-refractivity contribution in [3.63, 3.8) is 0 Å². The summed E-state index contributed by atoms with van der Waals surface area (Å²) in [5, 5.41) is 0. The van der Waals surface area contributed by atoms with Gasteiger partial charge in [0.05, 0.1) is 60.0 Å². The number of hydrogen-bond donors (Lipinski definition) is 0. The number of ether oxygens (including phenoxy) is 5. The van der Waals surface area contributed by atoms with E-state index in [1.807, 2.05) is 18.3 Å². The van der Waals surface area contributed by atoms with Gasteiger partial charge in [-0.1, -0.05) is 30.3 Å². The van der Waals surface area contributed by atoms with Gasteiger partial charge in [0.25, 0.3) is 0 Å². The van der Waals surface area contributed by atoms with Crippen LogP contribution in [-0.2, 0) is 38.6 Å². The summed E-state index contributed by atoms with van der Waals surface area (Å²) in [6, 6.07) is 21.3. The minimum atomic E-state index is 0.513. The van der Waals surface area contributed by atoms with E-state index in [0.717, 1.165) is 89.4 Å². The summed E-state index contributed by atoms with van der Waals surface area (Å²) in [5.74, 6) is 1.78. The van der Waals surface area contributed by atoms with E-state index in [9.17, 15) is 0 Å². The molecule has 0 unspecified atom stereocenters. The van der Waals surface area contributed by atoms with E-state index in [4.69, 9.17) is 28.7 Å². The van der Waals surface area contributed by atoms with Gasteiger partial charge in [0, 0.05) is 57.7 Å². The molecule has 5 rings (SSSR count). The van der Waals surface area contributed by atoms with Crippen LogP contribution < -0.4 is 14.5 Å². The standard InChI is InChI=1S/C33H44N4O5/c1-38-32-4-2-3-29(23-32)26-37(25-28-5-8-31(9-6-28)36-14-19-40-20-15-36)33-10-7-30(24-34-33)27-42-22-21-41-18-13-35-11-16-39-17-12-35/h2-10,23-24H,11-22,25-27H2,1H3. The predicted octanol–water partition coefficient (Wildman–Crippen LogP) is 4.00. The fourth-order valence-electron chi connectivity index (χ4n) is 5.18. The van der Waals surface area contributed by atoms with Crippen LogP contribution in [0, 0.1) is 0 Å². The second-order valence-corrected chi connectivity index (χ2v) is 10.6. The number of morpholine rings is 2. The zero-order chi connectivity index (χ0) is 28.8. The van der Waals surface area contributed by atoms with Crippen molar-refractivity contribution < 1.29 is 23.7 Å². The molecular weight excluding hydrogens is 532 g/mol. The first-order chi connectivity index (χ1) is 20.8. The first-order valence-electron chi connectivity index (χ1n) is 15.0. The molecule has 0 spiro atoms. The second-order valence-electron chi connectivity index (χ2n) is 10.6. The third kappa shape index (κ3) is 9.40. The van der Waals surface area contributed by atoms with Gasteiger partial charge in [-0.3, -0.25) is 4.90 Å². The van der Waals surface area contributed by atoms with Crippen molar-refractivity contribution >= 4 is 11.5 Å². The first kappa shape index (κ1) is 30.3. The van der Waals surface area contributed by atoms with Gasteiger partial charge in [-0.05, 0) is 47.0 Å². The Labute approximate surface area is 249 Å². The predicted molar refractivity (Wildman–Crippen MR) is 164 cm³/mol. The molecule has 226 valence electrons. The van der Waals surface area contributed by atoms with Crippen LogP contribution in [0.2, 0.25) is 0 Å². The molecule has 9 heteroatoms. The Balaban J connectivity index is 1.14. The van der Waals surface area contributed by atoms with E-state index in [1.165, 1.54) is 16.8 Å². The SMILES string of the molecule is COc1cccc(CN(Cc2ccc(N3CCOCC3)cc2)c2ccc(COCCOCCN3CCOCC3)cn2)c1. The second kappa shape index (κ2) is 16.4. The van der Waals surface area contributed by atoms with Crippen LogP contribution in [-0.4, -0.2) is 96.0 Å². The highest BCUT2D eigenvalue weighted by molar-refractivity contribution is 5.49. The van der Waals surface area contributed by atoms with Gasteiger partial charge < -0.3 is 33.5 Å². The van der Waals surface area contributed by atoms with Crippen LogP contribution in [0.5, 0.6) is 5.75 Å². The molecule has 2 saturated heterocycles. The molecule has 1 aromatic heterocycles. The number of rotatable bonds is 15. The lowest BCUT2D eigenvalue weighted by atomic mass is 10.1. The van der Waals surface area contributed by atoms with Crippen molar-refractivity contribution in [3.8, 4) is 5.75 Å². The van der Waals surface area contributed by atoms with Gasteiger partial charge in [0.15, 0.2) is 0 Å². The number of methoxy groups -OCH3 is 1. The monoisotopic (exact) mass is 576 g/mol. The van der Waals surface area contributed by atoms with Crippen molar-refractivity contribution in [2.45, 2.75) is 19.7 Å². The minimum Gasteiger partial charge on any atom is -0.497 e. The summed E-state index contributed by atoms with van der Waals surface area (Å²) in [4.78, 5) is 11.9. The molecule has 0 saturated carbocycles. The summed E-state index contributed by atoms with van der Waals surface area (Å²) in [6.07, 6.45) is 1.91. The maximum absolute atomic E-state index is 5.85. The van der Waals surface area contributed by atoms with E-state index in [1.54, 1.807) is 7.11 Å². The fourth-order valence-corrected chi connectivity index (χ4v) is 5.18. The summed E-state index contributed by atoms with van der Waals surface area (Å²) in [6.45, 7) is 11.8. The molecule has 0 amide bonds. The molecule has 0 radical (unpaired) electrons. The highest BCUT2D eigenvalue weighted by Gasteiger charge is 2.14. The highest BCUT2D eigenvalue weighted by atomic mass is 16.5. The number of pyridine rings is 1. The Bertz CT molecular complexity index is 1180. The Hall–Kier alpha value is -3.21. The van der Waals surface area contributed by atoms with Gasteiger partial charge in [-0.15, -0.1) is 0 Å². The number of nitrogens with zero attached hydrogens (tertiary/aromatic N) is 4. The quantitative estimate of drug-likeness (QED) is 0.250. The van der Waals surface area contributed by atoms with Crippen molar-refractivity contribution in [2.75, 3.05) is 95.9 Å². The molecule has 0 N–H and O–H groups in total.